The molecule has 0 unspecified atom stereocenters. The zero-order chi connectivity index (χ0) is 14.0. The average molecular weight is 265 g/mol. The summed E-state index contributed by atoms with van der Waals surface area (Å²) < 4.78 is 0. The van der Waals surface area contributed by atoms with E-state index in [0.29, 0.717) is 25.9 Å². The molecule has 1 aromatic rings. The number of aliphatic carboxylic acids is 1. The van der Waals surface area contributed by atoms with Crippen molar-refractivity contribution in [2.45, 2.75) is 12.8 Å². The van der Waals surface area contributed by atoms with Crippen molar-refractivity contribution in [3.63, 3.8) is 0 Å². The van der Waals surface area contributed by atoms with Gasteiger partial charge in [-0.1, -0.05) is 6.07 Å². The van der Waals surface area contributed by atoms with Gasteiger partial charge in [-0.15, -0.1) is 0 Å². The van der Waals surface area contributed by atoms with Gasteiger partial charge in [0.25, 0.3) is 5.91 Å². The fourth-order valence-corrected chi connectivity index (χ4v) is 2.20. The van der Waals surface area contributed by atoms with Crippen LogP contribution in [0.5, 0.6) is 11.5 Å². The van der Waals surface area contributed by atoms with Crippen molar-refractivity contribution in [3.05, 3.63) is 23.8 Å². The summed E-state index contributed by atoms with van der Waals surface area (Å²) >= 11 is 0. The average Bonchev–Trinajstić information content (AvgIpc) is 2.41. The highest BCUT2D eigenvalue weighted by molar-refractivity contribution is 5.97. The van der Waals surface area contributed by atoms with E-state index in [9.17, 15) is 19.8 Å². The highest BCUT2D eigenvalue weighted by Gasteiger charge is 2.28. The minimum absolute atomic E-state index is 0.0359. The van der Waals surface area contributed by atoms with Crippen molar-refractivity contribution in [3.8, 4) is 11.5 Å². The molecule has 0 aliphatic carbocycles. The monoisotopic (exact) mass is 265 g/mol. The fraction of sp³-hybridized carbons (Fsp3) is 0.385. The molecule has 2 rings (SSSR count). The number of carboxylic acid groups (broad SMARTS) is 1. The molecule has 0 atom stereocenters. The molecule has 1 aromatic carbocycles. The normalized spacial score (nSPS) is 16.3. The van der Waals surface area contributed by atoms with Crippen LogP contribution in [0.4, 0.5) is 0 Å². The van der Waals surface area contributed by atoms with Crippen molar-refractivity contribution in [1.82, 2.24) is 4.90 Å². The number of phenolic OH excluding ortho intramolecular Hbond substituents is 2. The van der Waals surface area contributed by atoms with E-state index in [1.807, 2.05) is 0 Å². The topological polar surface area (TPSA) is 98.1 Å². The second kappa shape index (κ2) is 5.17. The predicted molar refractivity (Wildman–Crippen MR) is 66.0 cm³/mol. The number of hydrogen-bond acceptors (Lipinski definition) is 4. The van der Waals surface area contributed by atoms with Gasteiger partial charge in [0.05, 0.1) is 11.5 Å². The Morgan fingerprint density at radius 3 is 2.37 bits per heavy atom. The maximum Gasteiger partial charge on any atom is 0.306 e. The van der Waals surface area contributed by atoms with Crippen LogP contribution < -0.4 is 0 Å². The van der Waals surface area contributed by atoms with Crippen LogP contribution in [0.15, 0.2) is 18.2 Å². The fourth-order valence-electron chi connectivity index (χ4n) is 2.20. The SMILES string of the molecule is O=C(O)C1CCN(C(=O)c2cccc(O)c2O)CC1. The van der Waals surface area contributed by atoms with E-state index in [2.05, 4.69) is 0 Å². The summed E-state index contributed by atoms with van der Waals surface area (Å²) in [6.45, 7) is 0.676. The number of para-hydroxylation sites is 1. The first-order chi connectivity index (χ1) is 9.00. The molecule has 6 heteroatoms. The van der Waals surface area contributed by atoms with Crippen molar-refractivity contribution >= 4 is 11.9 Å². The van der Waals surface area contributed by atoms with E-state index in [0.717, 1.165) is 0 Å². The number of rotatable bonds is 2. The number of phenols is 2. The summed E-state index contributed by atoms with van der Waals surface area (Å²) in [4.78, 5) is 24.5. The van der Waals surface area contributed by atoms with Crippen LogP contribution in [0.25, 0.3) is 0 Å². The molecule has 102 valence electrons. The first-order valence-electron chi connectivity index (χ1n) is 6.03. The molecule has 1 aliphatic heterocycles. The Hall–Kier alpha value is -2.24. The lowest BCUT2D eigenvalue weighted by Gasteiger charge is -2.30. The number of carboxylic acids is 1. The molecule has 1 heterocycles. The molecule has 0 bridgehead atoms. The summed E-state index contributed by atoms with van der Waals surface area (Å²) in [5.41, 5.74) is 0.0359. The summed E-state index contributed by atoms with van der Waals surface area (Å²) in [7, 11) is 0. The molecule has 0 saturated carbocycles. The second-order valence-corrected chi connectivity index (χ2v) is 4.58. The standard InChI is InChI=1S/C13H15NO5/c15-10-3-1-2-9(11(10)16)12(17)14-6-4-8(5-7-14)13(18)19/h1-3,8,15-16H,4-7H2,(H,18,19). The molecule has 1 amide bonds. The Labute approximate surface area is 109 Å². The third kappa shape index (κ3) is 2.62. The van der Waals surface area contributed by atoms with Gasteiger partial charge in [-0.25, -0.2) is 0 Å². The lowest BCUT2D eigenvalue weighted by molar-refractivity contribution is -0.143. The molecule has 1 saturated heterocycles. The van der Waals surface area contributed by atoms with Gasteiger partial charge in [-0.2, -0.15) is 0 Å². The van der Waals surface area contributed by atoms with E-state index in [4.69, 9.17) is 5.11 Å². The number of aromatic hydroxyl groups is 2. The van der Waals surface area contributed by atoms with Gasteiger partial charge in [0, 0.05) is 13.1 Å². The Bertz CT molecular complexity index is 506. The smallest absolute Gasteiger partial charge is 0.306 e. The van der Waals surface area contributed by atoms with Gasteiger partial charge in [-0.3, -0.25) is 9.59 Å². The van der Waals surface area contributed by atoms with Crippen LogP contribution >= 0.6 is 0 Å². The van der Waals surface area contributed by atoms with E-state index in [-0.39, 0.29) is 11.3 Å². The minimum atomic E-state index is -0.840. The lowest BCUT2D eigenvalue weighted by Crippen LogP contribution is -2.40. The van der Waals surface area contributed by atoms with Crippen molar-refractivity contribution in [1.29, 1.82) is 0 Å². The first kappa shape index (κ1) is 13.2. The van der Waals surface area contributed by atoms with Crippen LogP contribution in [0.1, 0.15) is 23.2 Å². The van der Waals surface area contributed by atoms with Crippen LogP contribution in [0.3, 0.4) is 0 Å². The zero-order valence-corrected chi connectivity index (χ0v) is 10.2. The van der Waals surface area contributed by atoms with E-state index < -0.39 is 23.5 Å². The van der Waals surface area contributed by atoms with Crippen LogP contribution in [0.2, 0.25) is 0 Å². The third-order valence-electron chi connectivity index (χ3n) is 3.38. The number of hydrogen-bond donors (Lipinski definition) is 3. The van der Waals surface area contributed by atoms with E-state index in [1.54, 1.807) is 0 Å². The van der Waals surface area contributed by atoms with Crippen molar-refractivity contribution < 1.29 is 24.9 Å². The summed E-state index contributed by atoms with van der Waals surface area (Å²) in [5, 5.41) is 27.9. The lowest BCUT2D eigenvalue weighted by atomic mass is 9.96. The number of carbonyl (C=O) groups is 2. The number of carbonyl (C=O) groups excluding carboxylic acids is 1. The number of piperidine rings is 1. The maximum absolute atomic E-state index is 12.2. The summed E-state index contributed by atoms with van der Waals surface area (Å²) in [6, 6.07) is 4.20. The van der Waals surface area contributed by atoms with Gasteiger partial charge in [-0.05, 0) is 25.0 Å². The first-order valence-corrected chi connectivity index (χ1v) is 6.03. The molecule has 1 fully saturated rings. The third-order valence-corrected chi connectivity index (χ3v) is 3.38. The zero-order valence-electron chi connectivity index (χ0n) is 10.2. The molecular weight excluding hydrogens is 250 g/mol. The molecule has 19 heavy (non-hydrogen) atoms. The highest BCUT2D eigenvalue weighted by atomic mass is 16.4. The Morgan fingerprint density at radius 2 is 1.79 bits per heavy atom. The largest absolute Gasteiger partial charge is 0.504 e. The molecular formula is C13H15NO5. The predicted octanol–water partition coefficient (Wildman–Crippen LogP) is 1.03. The summed E-state index contributed by atoms with van der Waals surface area (Å²) in [5.74, 6) is -2.43. The number of likely N-dealkylation sites (tertiary alicyclic amines) is 1. The quantitative estimate of drug-likeness (QED) is 0.694. The number of benzene rings is 1. The Balaban J connectivity index is 2.09. The Morgan fingerprint density at radius 1 is 1.16 bits per heavy atom. The molecule has 1 aliphatic rings. The van der Waals surface area contributed by atoms with E-state index in [1.165, 1.54) is 23.1 Å². The second-order valence-electron chi connectivity index (χ2n) is 4.58. The summed E-state index contributed by atoms with van der Waals surface area (Å²) in [6.07, 6.45) is 0.807. The maximum atomic E-state index is 12.2. The molecule has 6 nitrogen and oxygen atoms in total. The van der Waals surface area contributed by atoms with Crippen molar-refractivity contribution in [2.24, 2.45) is 5.92 Å². The van der Waals surface area contributed by atoms with Crippen LogP contribution in [-0.2, 0) is 4.79 Å². The number of amides is 1. The van der Waals surface area contributed by atoms with Crippen LogP contribution in [-0.4, -0.2) is 45.2 Å². The Kier molecular flexibility index (Phi) is 3.59. The van der Waals surface area contributed by atoms with Gasteiger partial charge in [0.2, 0.25) is 0 Å². The van der Waals surface area contributed by atoms with Crippen molar-refractivity contribution in [2.75, 3.05) is 13.1 Å². The van der Waals surface area contributed by atoms with Crippen LogP contribution in [0, 0.1) is 5.92 Å². The highest BCUT2D eigenvalue weighted by Crippen LogP contribution is 2.30. The minimum Gasteiger partial charge on any atom is -0.504 e. The molecule has 0 aromatic heterocycles. The number of nitrogens with zero attached hydrogens (tertiary/aromatic N) is 1. The van der Waals surface area contributed by atoms with E-state index >= 15 is 0 Å². The molecule has 0 spiro atoms. The van der Waals surface area contributed by atoms with Gasteiger partial charge < -0.3 is 20.2 Å². The molecule has 3 N–H and O–H groups in total. The van der Waals surface area contributed by atoms with Gasteiger partial charge >= 0.3 is 5.97 Å². The van der Waals surface area contributed by atoms with Gasteiger partial charge in [0.1, 0.15) is 0 Å². The van der Waals surface area contributed by atoms with Gasteiger partial charge in [0.15, 0.2) is 11.5 Å². The molecule has 0 radical (unpaired) electrons.